The van der Waals surface area contributed by atoms with Gasteiger partial charge in [0.2, 0.25) is 11.7 Å². The molecule has 0 radical (unpaired) electrons. The lowest BCUT2D eigenvalue weighted by Crippen LogP contribution is -2.49. The lowest BCUT2D eigenvalue weighted by Gasteiger charge is -2.36. The number of para-hydroxylation sites is 2. The van der Waals surface area contributed by atoms with Gasteiger partial charge in [-0.1, -0.05) is 47.1 Å². The average molecular weight is 458 g/mol. The fourth-order valence-electron chi connectivity index (χ4n) is 4.23. The van der Waals surface area contributed by atoms with Crippen molar-refractivity contribution < 1.29 is 14.1 Å². The van der Waals surface area contributed by atoms with Crippen molar-refractivity contribution in [2.75, 3.05) is 38.2 Å². The Morgan fingerprint density at radius 3 is 2.53 bits per heavy atom. The molecule has 4 aromatic rings. The van der Waals surface area contributed by atoms with Crippen LogP contribution < -0.4 is 9.64 Å². The Morgan fingerprint density at radius 2 is 1.76 bits per heavy atom. The Morgan fingerprint density at radius 1 is 1.00 bits per heavy atom. The van der Waals surface area contributed by atoms with Gasteiger partial charge in [-0.15, -0.1) is 0 Å². The number of benzene rings is 2. The summed E-state index contributed by atoms with van der Waals surface area (Å²) >= 11 is 0. The second kappa shape index (κ2) is 9.43. The molecule has 0 bridgehead atoms. The molecule has 1 saturated heterocycles. The quantitative estimate of drug-likeness (QED) is 0.438. The van der Waals surface area contributed by atoms with Gasteiger partial charge in [0, 0.05) is 37.9 Å². The van der Waals surface area contributed by atoms with Gasteiger partial charge in [-0.05, 0) is 31.2 Å². The number of piperazine rings is 1. The molecule has 5 rings (SSSR count). The molecule has 34 heavy (non-hydrogen) atoms. The van der Waals surface area contributed by atoms with Crippen molar-refractivity contribution in [2.45, 2.75) is 13.5 Å². The van der Waals surface area contributed by atoms with E-state index in [1.54, 1.807) is 7.11 Å². The third kappa shape index (κ3) is 4.39. The summed E-state index contributed by atoms with van der Waals surface area (Å²) in [4.78, 5) is 21.8. The number of carbonyl (C=O) groups is 1. The SMILES string of the molecule is COc1ccccc1N1CCN(C(=O)Cn2cccc2-c2nc(-c3ccc(C)cc3)no2)CC1. The monoisotopic (exact) mass is 457 g/mol. The van der Waals surface area contributed by atoms with Crippen molar-refractivity contribution in [3.8, 4) is 28.7 Å². The van der Waals surface area contributed by atoms with E-state index in [9.17, 15) is 4.79 Å². The van der Waals surface area contributed by atoms with E-state index < -0.39 is 0 Å². The highest BCUT2D eigenvalue weighted by molar-refractivity contribution is 5.77. The zero-order valence-corrected chi connectivity index (χ0v) is 19.3. The molecule has 0 N–H and O–H groups in total. The number of methoxy groups -OCH3 is 1. The predicted octanol–water partition coefficient (Wildman–Crippen LogP) is 3.87. The molecule has 0 unspecified atom stereocenters. The lowest BCUT2D eigenvalue weighted by molar-refractivity contribution is -0.132. The molecule has 1 aliphatic rings. The van der Waals surface area contributed by atoms with Crippen LogP contribution in [0.3, 0.4) is 0 Å². The molecule has 1 aliphatic heterocycles. The zero-order valence-electron chi connectivity index (χ0n) is 19.3. The van der Waals surface area contributed by atoms with Crippen LogP contribution >= 0.6 is 0 Å². The summed E-state index contributed by atoms with van der Waals surface area (Å²) in [7, 11) is 1.68. The van der Waals surface area contributed by atoms with Gasteiger partial charge >= 0.3 is 0 Å². The summed E-state index contributed by atoms with van der Waals surface area (Å²) < 4.78 is 12.9. The molecule has 0 aliphatic carbocycles. The summed E-state index contributed by atoms with van der Waals surface area (Å²) in [5.41, 5.74) is 3.85. The topological polar surface area (TPSA) is 76.6 Å². The first-order chi connectivity index (χ1) is 16.6. The van der Waals surface area contributed by atoms with Crippen LogP contribution in [0.25, 0.3) is 23.0 Å². The van der Waals surface area contributed by atoms with Crippen molar-refractivity contribution in [2.24, 2.45) is 0 Å². The Labute approximate surface area is 198 Å². The van der Waals surface area contributed by atoms with Crippen molar-refractivity contribution in [3.63, 3.8) is 0 Å². The van der Waals surface area contributed by atoms with E-state index in [1.165, 1.54) is 5.56 Å². The van der Waals surface area contributed by atoms with Crippen molar-refractivity contribution in [1.82, 2.24) is 19.6 Å². The molecule has 2 aromatic carbocycles. The van der Waals surface area contributed by atoms with E-state index in [0.29, 0.717) is 24.8 Å². The van der Waals surface area contributed by atoms with Gasteiger partial charge in [-0.3, -0.25) is 4.79 Å². The number of amides is 1. The minimum Gasteiger partial charge on any atom is -0.495 e. The van der Waals surface area contributed by atoms with Crippen LogP contribution in [0.4, 0.5) is 5.69 Å². The highest BCUT2D eigenvalue weighted by Crippen LogP contribution is 2.28. The summed E-state index contributed by atoms with van der Waals surface area (Å²) in [5, 5.41) is 4.12. The van der Waals surface area contributed by atoms with Crippen molar-refractivity contribution in [3.05, 3.63) is 72.4 Å². The maximum atomic E-state index is 13.1. The number of rotatable bonds is 6. The van der Waals surface area contributed by atoms with Gasteiger partial charge in [-0.25, -0.2) is 0 Å². The second-order valence-corrected chi connectivity index (χ2v) is 8.35. The minimum atomic E-state index is 0.0652. The Hall–Kier alpha value is -4.07. The fourth-order valence-corrected chi connectivity index (χ4v) is 4.23. The molecular formula is C26H27N5O3. The third-order valence-electron chi connectivity index (χ3n) is 6.15. The summed E-state index contributed by atoms with van der Waals surface area (Å²) in [5.74, 6) is 1.84. The molecular weight excluding hydrogens is 430 g/mol. The number of hydrogen-bond acceptors (Lipinski definition) is 6. The maximum absolute atomic E-state index is 13.1. The highest BCUT2D eigenvalue weighted by atomic mass is 16.5. The molecule has 0 atom stereocenters. The number of aryl methyl sites for hydroxylation is 1. The molecule has 2 aromatic heterocycles. The van der Waals surface area contributed by atoms with Crippen LogP contribution in [0, 0.1) is 6.92 Å². The molecule has 0 saturated carbocycles. The minimum absolute atomic E-state index is 0.0652. The number of anilines is 1. The first-order valence-electron chi connectivity index (χ1n) is 11.3. The van der Waals surface area contributed by atoms with Crippen molar-refractivity contribution >= 4 is 11.6 Å². The van der Waals surface area contributed by atoms with E-state index in [-0.39, 0.29) is 12.5 Å². The number of nitrogens with zero attached hydrogens (tertiary/aromatic N) is 5. The molecule has 3 heterocycles. The lowest BCUT2D eigenvalue weighted by atomic mass is 10.1. The first-order valence-corrected chi connectivity index (χ1v) is 11.3. The van der Waals surface area contributed by atoms with Gasteiger partial charge < -0.3 is 23.6 Å². The maximum Gasteiger partial charge on any atom is 0.274 e. The number of aromatic nitrogens is 3. The predicted molar refractivity (Wildman–Crippen MR) is 130 cm³/mol. The zero-order chi connectivity index (χ0) is 23.5. The molecule has 8 heteroatoms. The standard InChI is InChI=1S/C26H27N5O3/c1-19-9-11-20(12-10-19)25-27-26(34-28-25)22-7-5-13-31(22)18-24(32)30-16-14-29(15-17-30)21-6-3-4-8-23(21)33-2/h3-13H,14-18H2,1-2H3. The van der Waals surface area contributed by atoms with Gasteiger partial charge in [-0.2, -0.15) is 4.98 Å². The molecule has 1 fully saturated rings. The Bertz CT molecular complexity index is 1270. The summed E-state index contributed by atoms with van der Waals surface area (Å²) in [6, 6.07) is 19.7. The normalized spacial score (nSPS) is 13.8. The van der Waals surface area contributed by atoms with Gasteiger partial charge in [0.15, 0.2) is 0 Å². The first kappa shape index (κ1) is 21.8. The second-order valence-electron chi connectivity index (χ2n) is 8.35. The van der Waals surface area contributed by atoms with E-state index in [0.717, 1.165) is 35.8 Å². The van der Waals surface area contributed by atoms with E-state index in [2.05, 4.69) is 21.1 Å². The van der Waals surface area contributed by atoms with Crippen LogP contribution in [-0.2, 0) is 11.3 Å². The number of carbonyl (C=O) groups excluding carboxylic acids is 1. The van der Waals surface area contributed by atoms with E-state index in [4.69, 9.17) is 9.26 Å². The van der Waals surface area contributed by atoms with Gasteiger partial charge in [0.25, 0.3) is 5.89 Å². The Balaban J connectivity index is 1.24. The average Bonchev–Trinajstić information content (AvgIpc) is 3.54. The van der Waals surface area contributed by atoms with Crippen molar-refractivity contribution in [1.29, 1.82) is 0 Å². The summed E-state index contributed by atoms with van der Waals surface area (Å²) in [6.45, 7) is 5.09. The number of ether oxygens (including phenoxy) is 1. The van der Waals surface area contributed by atoms with E-state index in [1.807, 2.05) is 77.2 Å². The van der Waals surface area contributed by atoms with Gasteiger partial charge in [0.05, 0.1) is 12.8 Å². The van der Waals surface area contributed by atoms with Crippen LogP contribution in [0.1, 0.15) is 5.56 Å². The van der Waals surface area contributed by atoms with Crippen LogP contribution in [0.2, 0.25) is 0 Å². The van der Waals surface area contributed by atoms with Gasteiger partial charge in [0.1, 0.15) is 18.0 Å². The third-order valence-corrected chi connectivity index (χ3v) is 6.15. The largest absolute Gasteiger partial charge is 0.495 e. The highest BCUT2D eigenvalue weighted by Gasteiger charge is 2.24. The molecule has 8 nitrogen and oxygen atoms in total. The molecule has 174 valence electrons. The smallest absolute Gasteiger partial charge is 0.274 e. The molecule has 0 spiro atoms. The fraction of sp³-hybridized carbons (Fsp3) is 0.269. The Kier molecular flexibility index (Phi) is 6.03. The number of hydrogen-bond donors (Lipinski definition) is 0. The molecule has 1 amide bonds. The van der Waals surface area contributed by atoms with E-state index >= 15 is 0 Å². The summed E-state index contributed by atoms with van der Waals surface area (Å²) in [6.07, 6.45) is 1.87. The van der Waals surface area contributed by atoms with Crippen LogP contribution in [0.15, 0.2) is 71.4 Å². The van der Waals surface area contributed by atoms with Crippen LogP contribution in [-0.4, -0.2) is 58.8 Å². The van der Waals surface area contributed by atoms with Crippen LogP contribution in [0.5, 0.6) is 5.75 Å².